The van der Waals surface area contributed by atoms with E-state index in [1.807, 2.05) is 18.2 Å². The Labute approximate surface area is 175 Å². The van der Waals surface area contributed by atoms with E-state index in [-0.39, 0.29) is 0 Å². The molecule has 0 radical (unpaired) electrons. The molecule has 29 heavy (non-hydrogen) atoms. The molecule has 0 atom stereocenters. The van der Waals surface area contributed by atoms with Gasteiger partial charge in [-0.15, -0.1) is 0 Å². The molecule has 1 aliphatic rings. The summed E-state index contributed by atoms with van der Waals surface area (Å²) in [7, 11) is 0. The Morgan fingerprint density at radius 2 is 1.59 bits per heavy atom. The van der Waals surface area contributed by atoms with Crippen molar-refractivity contribution < 1.29 is 5.11 Å². The summed E-state index contributed by atoms with van der Waals surface area (Å²) in [4.78, 5) is 3.22. The Bertz CT molecular complexity index is 1200. The number of aromatic hydroxyl groups is 1. The molecule has 1 aromatic heterocycles. The molecule has 144 valence electrons. The highest BCUT2D eigenvalue weighted by molar-refractivity contribution is 7.80. The maximum Gasteiger partial charge on any atom is 0.126 e. The lowest BCUT2D eigenvalue weighted by atomic mass is 10.0. The van der Waals surface area contributed by atoms with Crippen molar-refractivity contribution in [2.24, 2.45) is 0 Å². The van der Waals surface area contributed by atoms with Crippen LogP contribution in [0.4, 0.5) is 0 Å². The number of phenols is 1. The lowest BCUT2D eigenvalue weighted by molar-refractivity contribution is 0.412. The van der Waals surface area contributed by atoms with Crippen molar-refractivity contribution in [3.63, 3.8) is 0 Å². The summed E-state index contributed by atoms with van der Waals surface area (Å²) in [6, 6.07) is 26.5. The number of hydrogen-bond donors (Lipinski definition) is 1. The smallest absolute Gasteiger partial charge is 0.126 e. The summed E-state index contributed by atoms with van der Waals surface area (Å²) in [5, 5.41) is 11.2. The largest absolute Gasteiger partial charge is 0.508 e. The Kier molecular flexibility index (Phi) is 4.57. The summed E-state index contributed by atoms with van der Waals surface area (Å²) >= 11 is 6.01. The first-order chi connectivity index (χ1) is 14.2. The van der Waals surface area contributed by atoms with Crippen molar-refractivity contribution in [3.8, 4) is 5.75 Å². The normalized spacial score (nSPS) is 13.7. The minimum absolute atomic E-state index is 0.293. The summed E-state index contributed by atoms with van der Waals surface area (Å²) in [5.74, 6) is 0.293. The van der Waals surface area contributed by atoms with Gasteiger partial charge in [-0.25, -0.2) is 0 Å². The van der Waals surface area contributed by atoms with E-state index in [2.05, 4.69) is 64.1 Å². The summed E-state index contributed by atoms with van der Waals surface area (Å²) in [6.45, 7) is 2.44. The van der Waals surface area contributed by atoms with E-state index in [1.165, 1.54) is 22.0 Å². The van der Waals surface area contributed by atoms with Crippen LogP contribution in [0.3, 0.4) is 0 Å². The third-order valence-electron chi connectivity index (χ3n) is 5.66. The fraction of sp³-hybridized carbons (Fsp3) is 0.160. The van der Waals surface area contributed by atoms with Gasteiger partial charge < -0.3 is 14.6 Å². The molecule has 0 saturated carbocycles. The molecule has 0 saturated heterocycles. The van der Waals surface area contributed by atoms with E-state index in [0.717, 1.165) is 35.8 Å². The summed E-state index contributed by atoms with van der Waals surface area (Å²) in [5.41, 5.74) is 6.03. The van der Waals surface area contributed by atoms with Crippen molar-refractivity contribution in [1.82, 2.24) is 9.47 Å². The topological polar surface area (TPSA) is 28.4 Å². The quantitative estimate of drug-likeness (QED) is 0.483. The van der Waals surface area contributed by atoms with Crippen LogP contribution in [0.5, 0.6) is 5.75 Å². The van der Waals surface area contributed by atoms with Crippen molar-refractivity contribution in [3.05, 3.63) is 101 Å². The molecule has 0 amide bonds. The van der Waals surface area contributed by atoms with Crippen LogP contribution in [0.2, 0.25) is 0 Å². The zero-order valence-corrected chi connectivity index (χ0v) is 16.9. The van der Waals surface area contributed by atoms with Gasteiger partial charge in [0.15, 0.2) is 0 Å². The molecule has 1 aliphatic heterocycles. The summed E-state index contributed by atoms with van der Waals surface area (Å²) in [6.07, 6.45) is 0.982. The second-order valence-electron chi connectivity index (χ2n) is 7.56. The Morgan fingerprint density at radius 3 is 2.41 bits per heavy atom. The van der Waals surface area contributed by atoms with Crippen LogP contribution in [0.15, 0.2) is 78.9 Å². The number of nitrogens with zero attached hydrogens (tertiary/aromatic N) is 2. The highest BCUT2D eigenvalue weighted by atomic mass is 32.1. The average molecular weight is 399 g/mol. The molecular formula is C25H22N2OS. The molecular weight excluding hydrogens is 376 g/mol. The maximum atomic E-state index is 9.91. The van der Waals surface area contributed by atoms with Crippen LogP contribution < -0.4 is 0 Å². The van der Waals surface area contributed by atoms with Crippen molar-refractivity contribution in [1.29, 1.82) is 0 Å². The van der Waals surface area contributed by atoms with E-state index in [4.69, 9.17) is 12.2 Å². The zero-order valence-electron chi connectivity index (χ0n) is 16.1. The lowest BCUT2D eigenvalue weighted by Gasteiger charge is -2.31. The maximum absolute atomic E-state index is 9.91. The number of rotatable bonds is 4. The van der Waals surface area contributed by atoms with E-state index < -0.39 is 0 Å². The molecule has 0 unspecified atom stereocenters. The molecule has 2 heterocycles. The standard InChI is InChI=1S/C25H22N2OS/c28-20-10-6-9-19(15-20)17-27-23-12-5-4-11-21(23)22-13-14-26(25(29)24(22)27)16-18-7-2-1-3-8-18/h1-12,15,28H,13-14,16-17H2. The van der Waals surface area contributed by atoms with Gasteiger partial charge in [0.2, 0.25) is 0 Å². The van der Waals surface area contributed by atoms with Gasteiger partial charge in [0.1, 0.15) is 10.7 Å². The van der Waals surface area contributed by atoms with Crippen LogP contribution in [0.1, 0.15) is 22.4 Å². The molecule has 1 N–H and O–H groups in total. The first-order valence-electron chi connectivity index (χ1n) is 9.92. The molecule has 0 fully saturated rings. The molecule has 3 aromatic carbocycles. The average Bonchev–Trinajstić information content (AvgIpc) is 3.05. The second kappa shape index (κ2) is 7.37. The highest BCUT2D eigenvalue weighted by Gasteiger charge is 2.28. The first kappa shape index (κ1) is 18.0. The third-order valence-corrected chi connectivity index (χ3v) is 6.12. The predicted octanol–water partition coefficient (Wildman–Crippen LogP) is 5.13. The van der Waals surface area contributed by atoms with Crippen molar-refractivity contribution in [2.75, 3.05) is 6.54 Å². The number of aromatic nitrogens is 1. The Balaban J connectivity index is 1.58. The zero-order chi connectivity index (χ0) is 19.8. The van der Waals surface area contributed by atoms with Gasteiger partial charge in [0.05, 0.1) is 5.69 Å². The molecule has 0 aliphatic carbocycles. The molecule has 4 heteroatoms. The van der Waals surface area contributed by atoms with E-state index in [9.17, 15) is 5.11 Å². The van der Waals surface area contributed by atoms with Gasteiger partial charge in [-0.1, -0.05) is 72.9 Å². The number of thiocarbonyl (C=S) groups is 1. The van der Waals surface area contributed by atoms with Crippen LogP contribution in [0.25, 0.3) is 10.9 Å². The highest BCUT2D eigenvalue weighted by Crippen LogP contribution is 2.32. The van der Waals surface area contributed by atoms with Gasteiger partial charge in [-0.3, -0.25) is 0 Å². The molecule has 3 nitrogen and oxygen atoms in total. The van der Waals surface area contributed by atoms with Crippen molar-refractivity contribution in [2.45, 2.75) is 19.5 Å². The number of phenolic OH excluding ortho intramolecular Hbond substituents is 1. The monoisotopic (exact) mass is 398 g/mol. The van der Waals surface area contributed by atoms with Gasteiger partial charge in [-0.2, -0.15) is 0 Å². The van der Waals surface area contributed by atoms with Gasteiger partial charge >= 0.3 is 0 Å². The number of fused-ring (bicyclic) bond motifs is 3. The van der Waals surface area contributed by atoms with Crippen LogP contribution >= 0.6 is 12.2 Å². The Morgan fingerprint density at radius 1 is 0.828 bits per heavy atom. The second-order valence-corrected chi connectivity index (χ2v) is 7.95. The van der Waals surface area contributed by atoms with Crippen LogP contribution in [-0.2, 0) is 19.5 Å². The Hall–Kier alpha value is -3.11. The first-order valence-corrected chi connectivity index (χ1v) is 10.3. The van der Waals surface area contributed by atoms with Gasteiger partial charge in [-0.05, 0) is 41.3 Å². The fourth-order valence-electron chi connectivity index (χ4n) is 4.33. The summed E-state index contributed by atoms with van der Waals surface area (Å²) < 4.78 is 2.32. The SMILES string of the molecule is Oc1cccc(Cn2c3c(c4ccccc42)CCN(Cc2ccccc2)C3=S)c1. The van der Waals surface area contributed by atoms with Crippen LogP contribution in [-0.4, -0.2) is 26.1 Å². The number of benzene rings is 3. The number of hydrogen-bond acceptors (Lipinski definition) is 2. The molecule has 0 spiro atoms. The molecule has 4 aromatic rings. The van der Waals surface area contributed by atoms with Crippen LogP contribution in [0, 0.1) is 0 Å². The predicted molar refractivity (Wildman–Crippen MR) is 121 cm³/mol. The lowest BCUT2D eigenvalue weighted by Crippen LogP contribution is -2.37. The fourth-order valence-corrected chi connectivity index (χ4v) is 4.72. The van der Waals surface area contributed by atoms with E-state index in [0.29, 0.717) is 12.3 Å². The minimum atomic E-state index is 0.293. The minimum Gasteiger partial charge on any atom is -0.508 e. The third kappa shape index (κ3) is 3.30. The molecule has 0 bridgehead atoms. The van der Waals surface area contributed by atoms with Gasteiger partial charge in [0.25, 0.3) is 0 Å². The molecule has 5 rings (SSSR count). The van der Waals surface area contributed by atoms with Gasteiger partial charge in [0, 0.05) is 30.5 Å². The number of para-hydroxylation sites is 1. The van der Waals surface area contributed by atoms with E-state index in [1.54, 1.807) is 6.07 Å². The van der Waals surface area contributed by atoms with Crippen molar-refractivity contribution >= 4 is 28.1 Å². The van der Waals surface area contributed by atoms with E-state index >= 15 is 0 Å².